The molecule has 3 nitrogen and oxygen atoms in total. The number of nitrogens with zero attached hydrogens (tertiary/aromatic N) is 1. The van der Waals surface area contributed by atoms with Crippen LogP contribution in [0, 0.1) is 10.8 Å². The van der Waals surface area contributed by atoms with E-state index in [0.717, 1.165) is 39.3 Å². The largest absolute Gasteiger partial charge is 0.381 e. The lowest BCUT2D eigenvalue weighted by molar-refractivity contribution is 0.110. The average molecular weight is 214 g/mol. The molecule has 1 atom stereocenters. The van der Waals surface area contributed by atoms with Gasteiger partial charge in [0.1, 0.15) is 0 Å². The minimum absolute atomic E-state index is 0.208. The highest BCUT2D eigenvalue weighted by Crippen LogP contribution is 2.29. The van der Waals surface area contributed by atoms with Gasteiger partial charge >= 0.3 is 0 Å². The Morgan fingerprint density at radius 3 is 2.47 bits per heavy atom. The number of ether oxygens (including phenoxy) is 1. The Bertz CT molecular complexity index is 192. The van der Waals surface area contributed by atoms with E-state index < -0.39 is 0 Å². The summed E-state index contributed by atoms with van der Waals surface area (Å²) in [7, 11) is 2.18. The van der Waals surface area contributed by atoms with Crippen LogP contribution >= 0.6 is 0 Å². The lowest BCUT2D eigenvalue weighted by atomic mass is 9.86. The molecule has 0 aromatic carbocycles. The smallest absolute Gasteiger partial charge is 0.0547 e. The summed E-state index contributed by atoms with van der Waals surface area (Å²) in [5, 5.41) is 0. The third-order valence-corrected chi connectivity index (χ3v) is 2.97. The summed E-state index contributed by atoms with van der Waals surface area (Å²) in [4.78, 5) is 2.39. The van der Waals surface area contributed by atoms with Gasteiger partial charge < -0.3 is 15.4 Å². The van der Waals surface area contributed by atoms with Crippen molar-refractivity contribution in [1.82, 2.24) is 4.90 Å². The van der Waals surface area contributed by atoms with E-state index in [1.807, 2.05) is 0 Å². The maximum atomic E-state index is 5.87. The van der Waals surface area contributed by atoms with Gasteiger partial charge in [-0.05, 0) is 18.9 Å². The van der Waals surface area contributed by atoms with Crippen LogP contribution in [-0.2, 0) is 4.74 Å². The number of hydrogen-bond donors (Lipinski definition) is 1. The SMILES string of the molecule is CN(CC(C)(C)C)CC1(CN)CCOC1. The molecule has 2 N–H and O–H groups in total. The van der Waals surface area contributed by atoms with Crippen molar-refractivity contribution in [2.75, 3.05) is 39.9 Å². The van der Waals surface area contributed by atoms with E-state index in [0.29, 0.717) is 5.41 Å². The second-order valence-electron chi connectivity index (χ2n) is 6.24. The zero-order chi connectivity index (χ0) is 11.5. The van der Waals surface area contributed by atoms with E-state index in [2.05, 4.69) is 32.7 Å². The van der Waals surface area contributed by atoms with Crippen LogP contribution in [0.1, 0.15) is 27.2 Å². The van der Waals surface area contributed by atoms with Crippen LogP contribution in [0.4, 0.5) is 0 Å². The second kappa shape index (κ2) is 4.81. The zero-order valence-corrected chi connectivity index (χ0v) is 10.7. The first kappa shape index (κ1) is 12.9. The summed E-state index contributed by atoms with van der Waals surface area (Å²) in [6, 6.07) is 0. The molecular weight excluding hydrogens is 188 g/mol. The molecule has 0 saturated carbocycles. The Balaban J connectivity index is 2.45. The van der Waals surface area contributed by atoms with E-state index in [9.17, 15) is 0 Å². The van der Waals surface area contributed by atoms with Gasteiger partial charge in [0.25, 0.3) is 0 Å². The maximum absolute atomic E-state index is 5.87. The molecule has 1 unspecified atom stereocenters. The van der Waals surface area contributed by atoms with Crippen molar-refractivity contribution in [3.8, 4) is 0 Å². The molecule has 1 saturated heterocycles. The third-order valence-electron chi connectivity index (χ3n) is 2.97. The molecule has 15 heavy (non-hydrogen) atoms. The summed E-state index contributed by atoms with van der Waals surface area (Å²) in [5.74, 6) is 0. The summed E-state index contributed by atoms with van der Waals surface area (Å²) < 4.78 is 5.48. The van der Waals surface area contributed by atoms with Gasteiger partial charge in [0.2, 0.25) is 0 Å². The Morgan fingerprint density at radius 1 is 1.40 bits per heavy atom. The normalized spacial score (nSPS) is 27.6. The molecule has 1 aliphatic heterocycles. The van der Waals surface area contributed by atoms with Crippen molar-refractivity contribution in [3.63, 3.8) is 0 Å². The van der Waals surface area contributed by atoms with Gasteiger partial charge in [0.15, 0.2) is 0 Å². The van der Waals surface area contributed by atoms with Gasteiger partial charge in [-0.1, -0.05) is 20.8 Å². The molecule has 0 aliphatic carbocycles. The molecule has 90 valence electrons. The quantitative estimate of drug-likeness (QED) is 0.767. The molecule has 1 aliphatic rings. The van der Waals surface area contributed by atoms with Crippen LogP contribution in [-0.4, -0.2) is 44.8 Å². The summed E-state index contributed by atoms with van der Waals surface area (Å²) in [6.45, 7) is 11.4. The minimum Gasteiger partial charge on any atom is -0.381 e. The fourth-order valence-corrected chi connectivity index (χ4v) is 2.44. The van der Waals surface area contributed by atoms with Crippen LogP contribution in [0.15, 0.2) is 0 Å². The fraction of sp³-hybridized carbons (Fsp3) is 1.00. The standard InChI is InChI=1S/C12H26N2O/c1-11(2,3)8-14(4)9-12(7-13)5-6-15-10-12/h5-10,13H2,1-4H3. The van der Waals surface area contributed by atoms with Crippen molar-refractivity contribution < 1.29 is 4.74 Å². The van der Waals surface area contributed by atoms with Crippen LogP contribution < -0.4 is 5.73 Å². The molecule has 0 spiro atoms. The summed E-state index contributed by atoms with van der Waals surface area (Å²) >= 11 is 0. The summed E-state index contributed by atoms with van der Waals surface area (Å²) in [5.41, 5.74) is 6.43. The minimum atomic E-state index is 0.208. The second-order valence-corrected chi connectivity index (χ2v) is 6.24. The highest BCUT2D eigenvalue weighted by atomic mass is 16.5. The van der Waals surface area contributed by atoms with Gasteiger partial charge in [0, 0.05) is 31.7 Å². The Kier molecular flexibility index (Phi) is 4.15. The lowest BCUT2D eigenvalue weighted by Crippen LogP contribution is -2.44. The molecule has 0 bridgehead atoms. The van der Waals surface area contributed by atoms with E-state index in [-0.39, 0.29) is 5.41 Å². The Hall–Kier alpha value is -0.120. The van der Waals surface area contributed by atoms with Crippen LogP contribution in [0.5, 0.6) is 0 Å². The van der Waals surface area contributed by atoms with Crippen LogP contribution in [0.25, 0.3) is 0 Å². The van der Waals surface area contributed by atoms with Crippen molar-refractivity contribution in [2.45, 2.75) is 27.2 Å². The molecule has 0 aromatic heterocycles. The predicted molar refractivity (Wildman–Crippen MR) is 63.9 cm³/mol. The molecule has 1 heterocycles. The summed E-state index contributed by atoms with van der Waals surface area (Å²) in [6.07, 6.45) is 1.11. The highest BCUT2D eigenvalue weighted by molar-refractivity contribution is 4.87. The first-order valence-electron chi connectivity index (χ1n) is 5.83. The lowest BCUT2D eigenvalue weighted by Gasteiger charge is -2.34. The maximum Gasteiger partial charge on any atom is 0.0547 e. The molecule has 1 fully saturated rings. The van der Waals surface area contributed by atoms with Crippen molar-refractivity contribution in [2.24, 2.45) is 16.6 Å². The Labute approximate surface area is 94.0 Å². The van der Waals surface area contributed by atoms with Crippen molar-refractivity contribution in [3.05, 3.63) is 0 Å². The van der Waals surface area contributed by atoms with Gasteiger partial charge in [-0.3, -0.25) is 0 Å². The van der Waals surface area contributed by atoms with Crippen molar-refractivity contribution >= 4 is 0 Å². The van der Waals surface area contributed by atoms with Gasteiger partial charge in [-0.15, -0.1) is 0 Å². The van der Waals surface area contributed by atoms with Gasteiger partial charge in [-0.2, -0.15) is 0 Å². The number of rotatable bonds is 4. The molecular formula is C12H26N2O. The number of hydrogen-bond acceptors (Lipinski definition) is 3. The predicted octanol–water partition coefficient (Wildman–Crippen LogP) is 1.33. The van der Waals surface area contributed by atoms with E-state index in [1.54, 1.807) is 0 Å². The molecule has 0 radical (unpaired) electrons. The van der Waals surface area contributed by atoms with E-state index in [4.69, 9.17) is 10.5 Å². The van der Waals surface area contributed by atoms with Crippen LogP contribution in [0.3, 0.4) is 0 Å². The third kappa shape index (κ3) is 4.09. The fourth-order valence-electron chi connectivity index (χ4n) is 2.44. The van der Waals surface area contributed by atoms with E-state index >= 15 is 0 Å². The Morgan fingerprint density at radius 2 is 2.07 bits per heavy atom. The van der Waals surface area contributed by atoms with Gasteiger partial charge in [-0.25, -0.2) is 0 Å². The molecule has 1 rings (SSSR count). The van der Waals surface area contributed by atoms with E-state index in [1.165, 1.54) is 0 Å². The molecule has 3 heteroatoms. The number of nitrogens with two attached hydrogens (primary N) is 1. The monoisotopic (exact) mass is 214 g/mol. The zero-order valence-electron chi connectivity index (χ0n) is 10.7. The molecule has 0 amide bonds. The van der Waals surface area contributed by atoms with Gasteiger partial charge in [0.05, 0.1) is 6.61 Å². The average Bonchev–Trinajstić information content (AvgIpc) is 2.50. The molecule has 0 aromatic rings. The first-order chi connectivity index (χ1) is 6.87. The topological polar surface area (TPSA) is 38.5 Å². The van der Waals surface area contributed by atoms with Crippen LogP contribution in [0.2, 0.25) is 0 Å². The van der Waals surface area contributed by atoms with Crippen molar-refractivity contribution in [1.29, 1.82) is 0 Å². The highest BCUT2D eigenvalue weighted by Gasteiger charge is 2.35. The first-order valence-corrected chi connectivity index (χ1v) is 5.83.